The Labute approximate surface area is 127 Å². The van der Waals surface area contributed by atoms with Gasteiger partial charge in [0.1, 0.15) is 29.0 Å². The molecule has 1 N–H and O–H groups in total. The number of rotatable bonds is 4. The van der Waals surface area contributed by atoms with Crippen LogP contribution >= 0.6 is 0 Å². The second-order valence-corrected chi connectivity index (χ2v) is 4.22. The first-order valence-corrected chi connectivity index (χ1v) is 6.27. The van der Waals surface area contributed by atoms with Gasteiger partial charge in [-0.15, -0.1) is 0 Å². The molecule has 5 nitrogen and oxygen atoms in total. The number of methoxy groups -OCH3 is 2. The molecule has 110 valence electrons. The van der Waals surface area contributed by atoms with Gasteiger partial charge in [-0.1, -0.05) is 18.2 Å². The molecule has 6 heteroatoms. The first-order chi connectivity index (χ1) is 10.7. The molecular weight excluding hydrogens is 285 g/mol. The van der Waals surface area contributed by atoms with E-state index < -0.39 is 11.4 Å². The van der Waals surface area contributed by atoms with Crippen molar-refractivity contribution in [2.24, 2.45) is 0 Å². The van der Waals surface area contributed by atoms with Gasteiger partial charge < -0.3 is 14.8 Å². The van der Waals surface area contributed by atoms with Crippen molar-refractivity contribution in [3.05, 3.63) is 47.3 Å². The fourth-order valence-corrected chi connectivity index (χ4v) is 2.05. The predicted molar refractivity (Wildman–Crippen MR) is 78.7 cm³/mol. The molecule has 2 aromatic carbocycles. The van der Waals surface area contributed by atoms with Crippen molar-refractivity contribution in [2.75, 3.05) is 19.5 Å². The monoisotopic (exact) mass is 297 g/mol. The van der Waals surface area contributed by atoms with Crippen LogP contribution in [0.25, 0.3) is 0 Å². The van der Waals surface area contributed by atoms with E-state index in [0.29, 0.717) is 5.69 Å². The molecule has 0 heterocycles. The maximum atomic E-state index is 14.3. The van der Waals surface area contributed by atoms with E-state index in [1.54, 1.807) is 30.3 Å². The summed E-state index contributed by atoms with van der Waals surface area (Å²) in [4.78, 5) is 0. The first kappa shape index (κ1) is 15.1. The van der Waals surface area contributed by atoms with Crippen molar-refractivity contribution in [1.82, 2.24) is 0 Å². The number of hydrogen-bond acceptors (Lipinski definition) is 5. The Balaban J connectivity index is 2.75. The largest absolute Gasteiger partial charge is 0.491 e. The van der Waals surface area contributed by atoms with Gasteiger partial charge in [0.2, 0.25) is 5.75 Å². The van der Waals surface area contributed by atoms with Gasteiger partial charge in [-0.05, 0) is 12.1 Å². The Morgan fingerprint density at radius 2 is 1.55 bits per heavy atom. The number of anilines is 2. The summed E-state index contributed by atoms with van der Waals surface area (Å²) < 4.78 is 24.4. The minimum Gasteiger partial charge on any atom is -0.491 e. The van der Waals surface area contributed by atoms with Crippen LogP contribution in [0, 0.1) is 28.5 Å². The summed E-state index contributed by atoms with van der Waals surface area (Å²) in [6, 6.07) is 12.5. The Kier molecular flexibility index (Phi) is 4.45. The van der Waals surface area contributed by atoms with E-state index in [2.05, 4.69) is 5.32 Å². The molecule has 0 aromatic heterocycles. The van der Waals surface area contributed by atoms with Crippen LogP contribution in [-0.4, -0.2) is 14.2 Å². The van der Waals surface area contributed by atoms with Gasteiger partial charge >= 0.3 is 0 Å². The molecule has 0 saturated heterocycles. The van der Waals surface area contributed by atoms with Crippen LogP contribution in [0.1, 0.15) is 11.1 Å². The van der Waals surface area contributed by atoms with E-state index in [-0.39, 0.29) is 22.7 Å². The molecule has 0 atom stereocenters. The molecule has 0 bridgehead atoms. The van der Waals surface area contributed by atoms with Crippen molar-refractivity contribution in [3.63, 3.8) is 0 Å². The summed E-state index contributed by atoms with van der Waals surface area (Å²) in [7, 11) is 2.60. The van der Waals surface area contributed by atoms with Gasteiger partial charge in [0.05, 0.1) is 14.2 Å². The van der Waals surface area contributed by atoms with E-state index in [4.69, 9.17) is 14.7 Å². The lowest BCUT2D eigenvalue weighted by molar-refractivity contribution is 0.338. The van der Waals surface area contributed by atoms with Crippen molar-refractivity contribution in [2.45, 2.75) is 0 Å². The molecule has 0 fully saturated rings. The van der Waals surface area contributed by atoms with Gasteiger partial charge in [-0.2, -0.15) is 10.5 Å². The van der Waals surface area contributed by atoms with Gasteiger partial charge in [0, 0.05) is 5.69 Å². The SMILES string of the molecule is COc1c(F)c(C#N)c(C#N)c(Nc2ccccc2)c1OC. The van der Waals surface area contributed by atoms with Crippen LogP contribution in [0.2, 0.25) is 0 Å². The van der Waals surface area contributed by atoms with Crippen molar-refractivity contribution < 1.29 is 13.9 Å². The van der Waals surface area contributed by atoms with Crippen LogP contribution in [0.4, 0.5) is 15.8 Å². The Morgan fingerprint density at radius 1 is 0.955 bits per heavy atom. The third-order valence-corrected chi connectivity index (χ3v) is 3.03. The normalized spacial score (nSPS) is 9.50. The second-order valence-electron chi connectivity index (χ2n) is 4.22. The van der Waals surface area contributed by atoms with E-state index in [1.165, 1.54) is 14.2 Å². The molecule has 0 amide bonds. The molecule has 2 rings (SSSR count). The molecule has 0 aliphatic rings. The fraction of sp³-hybridized carbons (Fsp3) is 0.125. The van der Waals surface area contributed by atoms with E-state index in [9.17, 15) is 9.65 Å². The van der Waals surface area contributed by atoms with Crippen LogP contribution in [-0.2, 0) is 0 Å². The number of nitrogens with zero attached hydrogens (tertiary/aromatic N) is 2. The van der Waals surface area contributed by atoms with Crippen molar-refractivity contribution in [1.29, 1.82) is 10.5 Å². The standard InChI is InChI=1S/C16H12FN3O2/c1-21-15-13(17)11(8-18)12(9-19)14(16(15)22-2)20-10-6-4-3-5-7-10/h3-7,20H,1-2H3. The van der Waals surface area contributed by atoms with Gasteiger partial charge in [0.15, 0.2) is 11.6 Å². The maximum Gasteiger partial charge on any atom is 0.200 e. The van der Waals surface area contributed by atoms with Crippen LogP contribution < -0.4 is 14.8 Å². The summed E-state index contributed by atoms with van der Waals surface area (Å²) in [5.41, 5.74) is 0.320. The summed E-state index contributed by atoms with van der Waals surface area (Å²) in [6.07, 6.45) is 0. The van der Waals surface area contributed by atoms with Gasteiger partial charge in [0.25, 0.3) is 0 Å². The van der Waals surface area contributed by atoms with E-state index in [1.807, 2.05) is 12.1 Å². The molecule has 2 aromatic rings. The highest BCUT2D eigenvalue weighted by atomic mass is 19.1. The van der Waals surface area contributed by atoms with Crippen molar-refractivity contribution >= 4 is 11.4 Å². The zero-order valence-corrected chi connectivity index (χ0v) is 12.0. The number of benzene rings is 2. The summed E-state index contributed by atoms with van der Waals surface area (Å²) in [5.74, 6) is -1.12. The first-order valence-electron chi connectivity index (χ1n) is 6.27. The molecule has 0 saturated carbocycles. The molecular formula is C16H12FN3O2. The molecule has 0 unspecified atom stereocenters. The number of ether oxygens (including phenoxy) is 2. The minimum atomic E-state index is -0.919. The average Bonchev–Trinajstić information content (AvgIpc) is 2.56. The second kappa shape index (κ2) is 6.47. The smallest absolute Gasteiger partial charge is 0.200 e. The number of nitriles is 2. The molecule has 0 radical (unpaired) electrons. The predicted octanol–water partition coefficient (Wildman–Crippen LogP) is 3.33. The summed E-state index contributed by atoms with van der Waals surface area (Å²) >= 11 is 0. The van der Waals surface area contributed by atoms with E-state index >= 15 is 0 Å². The third-order valence-electron chi connectivity index (χ3n) is 3.03. The van der Waals surface area contributed by atoms with Gasteiger partial charge in [-0.3, -0.25) is 0 Å². The van der Waals surface area contributed by atoms with E-state index in [0.717, 1.165) is 0 Å². The highest BCUT2D eigenvalue weighted by Crippen LogP contribution is 2.43. The molecule has 0 aliphatic carbocycles. The number of para-hydroxylation sites is 1. The number of nitrogens with one attached hydrogen (secondary N) is 1. The highest BCUT2D eigenvalue weighted by molar-refractivity contribution is 5.80. The highest BCUT2D eigenvalue weighted by Gasteiger charge is 2.26. The lowest BCUT2D eigenvalue weighted by Gasteiger charge is -2.17. The maximum absolute atomic E-state index is 14.3. The lowest BCUT2D eigenvalue weighted by Crippen LogP contribution is -2.05. The Morgan fingerprint density at radius 3 is 2.05 bits per heavy atom. The van der Waals surface area contributed by atoms with Crippen LogP contribution in [0.3, 0.4) is 0 Å². The summed E-state index contributed by atoms with van der Waals surface area (Å²) in [6.45, 7) is 0. The molecule has 0 aliphatic heterocycles. The van der Waals surface area contributed by atoms with Crippen molar-refractivity contribution in [3.8, 4) is 23.6 Å². The Bertz CT molecular complexity index is 777. The Hall–Kier alpha value is -3.25. The quantitative estimate of drug-likeness (QED) is 0.936. The van der Waals surface area contributed by atoms with Crippen LogP contribution in [0.5, 0.6) is 11.5 Å². The summed E-state index contributed by atoms with van der Waals surface area (Å²) in [5, 5.41) is 21.4. The third kappa shape index (κ3) is 2.50. The number of hydrogen-bond donors (Lipinski definition) is 1. The van der Waals surface area contributed by atoms with Gasteiger partial charge in [-0.25, -0.2) is 4.39 Å². The van der Waals surface area contributed by atoms with Crippen LogP contribution in [0.15, 0.2) is 30.3 Å². The molecule has 22 heavy (non-hydrogen) atoms. The average molecular weight is 297 g/mol. The lowest BCUT2D eigenvalue weighted by atomic mass is 10.0. The number of halogens is 1. The fourth-order valence-electron chi connectivity index (χ4n) is 2.05. The minimum absolute atomic E-state index is 0.0272. The zero-order chi connectivity index (χ0) is 16.1. The zero-order valence-electron chi connectivity index (χ0n) is 12.0. The topological polar surface area (TPSA) is 78.1 Å². The molecule has 0 spiro atoms.